The van der Waals surface area contributed by atoms with Crippen LogP contribution in [0, 0.1) is 16.0 Å². The third-order valence-corrected chi connectivity index (χ3v) is 9.16. The number of rotatable bonds is 10. The fourth-order valence-electron chi connectivity index (χ4n) is 6.87. The van der Waals surface area contributed by atoms with E-state index in [1.54, 1.807) is 26.0 Å². The van der Waals surface area contributed by atoms with Crippen molar-refractivity contribution in [3.8, 4) is 0 Å². The van der Waals surface area contributed by atoms with Gasteiger partial charge in [0.1, 0.15) is 5.92 Å². The van der Waals surface area contributed by atoms with E-state index in [4.69, 9.17) is 9.47 Å². The number of carbonyl (C=O) groups excluding carboxylic acids is 2. The van der Waals surface area contributed by atoms with Crippen LogP contribution in [0.3, 0.4) is 0 Å². The van der Waals surface area contributed by atoms with Crippen LogP contribution in [0.5, 0.6) is 0 Å². The first-order valence-corrected chi connectivity index (χ1v) is 15.3. The Morgan fingerprint density at radius 2 is 1.58 bits per heavy atom. The van der Waals surface area contributed by atoms with Crippen molar-refractivity contribution in [3.05, 3.63) is 123 Å². The van der Waals surface area contributed by atoms with Crippen molar-refractivity contribution < 1.29 is 24.0 Å². The average molecular weight is 610 g/mol. The summed E-state index contributed by atoms with van der Waals surface area (Å²) in [6, 6.07) is 27.4. The zero-order valence-corrected chi connectivity index (χ0v) is 26.0. The van der Waals surface area contributed by atoms with E-state index < -0.39 is 28.7 Å². The molecule has 0 bridgehead atoms. The Kier molecular flexibility index (Phi) is 9.88. The number of hydrogen-bond acceptors (Lipinski definition) is 8. The molecule has 1 unspecified atom stereocenters. The normalized spacial score (nSPS) is 19.8. The zero-order chi connectivity index (χ0) is 32.0. The van der Waals surface area contributed by atoms with Gasteiger partial charge in [0.2, 0.25) is 0 Å². The smallest absolute Gasteiger partial charge is 0.336 e. The number of likely N-dealkylation sites (tertiary alicyclic amines) is 1. The Bertz CT molecular complexity index is 1550. The molecule has 3 aromatic carbocycles. The minimum Gasteiger partial charge on any atom is -0.468 e. The quantitative estimate of drug-likeness (QED) is 0.116. The second kappa shape index (κ2) is 14.0. The van der Waals surface area contributed by atoms with Crippen molar-refractivity contribution in [2.45, 2.75) is 44.4 Å². The lowest BCUT2D eigenvalue weighted by atomic mass is 9.68. The molecule has 234 valence electrons. The topological polar surface area (TPSA) is 111 Å². The minimum absolute atomic E-state index is 0.0349. The van der Waals surface area contributed by atoms with E-state index in [-0.39, 0.29) is 23.3 Å². The molecule has 2 heterocycles. The first-order chi connectivity index (χ1) is 21.7. The van der Waals surface area contributed by atoms with Gasteiger partial charge in [0.25, 0.3) is 5.69 Å². The highest BCUT2D eigenvalue weighted by molar-refractivity contribution is 6.07. The van der Waals surface area contributed by atoms with Gasteiger partial charge in [-0.2, -0.15) is 0 Å². The molecule has 3 aromatic rings. The van der Waals surface area contributed by atoms with E-state index in [9.17, 15) is 19.7 Å². The standard InChI is InChI=1S/C36H39N3O6/c1-25-31(34(40)44-3)33(27-12-10-17-30(24-27)39(42)43)32(26(2)37-25)35(41)45-23-11-20-38-21-18-36(19-22-38,28-13-6-4-7-14-28)29-15-8-5-9-16-29/h4-10,12-17,24,31,33H,11,18-23H2,1-3H3/t31?,33-/m1/s1. The van der Waals surface area contributed by atoms with Gasteiger partial charge in [-0.15, -0.1) is 0 Å². The third kappa shape index (κ3) is 6.73. The van der Waals surface area contributed by atoms with Crippen molar-refractivity contribution in [3.63, 3.8) is 0 Å². The predicted molar refractivity (Wildman–Crippen MR) is 172 cm³/mol. The number of piperidine rings is 1. The Balaban J connectivity index is 1.25. The summed E-state index contributed by atoms with van der Waals surface area (Å²) in [6.07, 6.45) is 2.63. The van der Waals surface area contributed by atoms with Crippen LogP contribution in [0.2, 0.25) is 0 Å². The second-order valence-corrected chi connectivity index (χ2v) is 11.7. The van der Waals surface area contributed by atoms with E-state index in [1.165, 1.54) is 30.4 Å². The van der Waals surface area contributed by atoms with E-state index in [1.807, 2.05) is 0 Å². The molecular weight excluding hydrogens is 570 g/mol. The number of ether oxygens (including phenoxy) is 2. The average Bonchev–Trinajstić information content (AvgIpc) is 3.07. The van der Waals surface area contributed by atoms with Gasteiger partial charge in [-0.3, -0.25) is 19.9 Å². The number of allylic oxidation sites excluding steroid dienone is 1. The maximum Gasteiger partial charge on any atom is 0.336 e. The molecule has 0 radical (unpaired) electrons. The van der Waals surface area contributed by atoms with Gasteiger partial charge in [0.05, 0.1) is 24.2 Å². The number of benzene rings is 3. The van der Waals surface area contributed by atoms with Gasteiger partial charge in [0.15, 0.2) is 0 Å². The molecule has 0 saturated carbocycles. The molecule has 1 fully saturated rings. The molecule has 0 aliphatic carbocycles. The van der Waals surface area contributed by atoms with Crippen LogP contribution in [0.4, 0.5) is 5.69 Å². The monoisotopic (exact) mass is 609 g/mol. The molecule has 5 rings (SSSR count). The fourth-order valence-corrected chi connectivity index (χ4v) is 6.87. The molecule has 9 heteroatoms. The van der Waals surface area contributed by atoms with Crippen molar-refractivity contribution >= 4 is 23.3 Å². The van der Waals surface area contributed by atoms with Crippen LogP contribution >= 0.6 is 0 Å². The third-order valence-electron chi connectivity index (χ3n) is 9.16. The number of carbonyl (C=O) groups is 2. The summed E-state index contributed by atoms with van der Waals surface area (Å²) in [5.41, 5.74) is 4.06. The summed E-state index contributed by atoms with van der Waals surface area (Å²) in [4.78, 5) is 44.4. The van der Waals surface area contributed by atoms with Crippen molar-refractivity contribution in [2.75, 3.05) is 33.4 Å². The summed E-state index contributed by atoms with van der Waals surface area (Å²) >= 11 is 0. The van der Waals surface area contributed by atoms with E-state index >= 15 is 0 Å². The summed E-state index contributed by atoms with van der Waals surface area (Å²) in [5, 5.41) is 11.5. The lowest BCUT2D eigenvalue weighted by Crippen LogP contribution is -2.43. The number of nitro groups is 1. The molecule has 45 heavy (non-hydrogen) atoms. The fraction of sp³-hybridized carbons (Fsp3) is 0.361. The van der Waals surface area contributed by atoms with Crippen LogP contribution < -0.4 is 0 Å². The number of nitro benzene ring substituents is 1. The maximum atomic E-state index is 13.6. The lowest BCUT2D eigenvalue weighted by Gasteiger charge is -2.43. The minimum atomic E-state index is -0.911. The highest BCUT2D eigenvalue weighted by Crippen LogP contribution is 2.42. The van der Waals surface area contributed by atoms with Crippen molar-refractivity contribution in [1.29, 1.82) is 0 Å². The second-order valence-electron chi connectivity index (χ2n) is 11.7. The van der Waals surface area contributed by atoms with Gasteiger partial charge in [-0.1, -0.05) is 72.8 Å². The van der Waals surface area contributed by atoms with E-state index in [0.29, 0.717) is 23.4 Å². The molecule has 0 spiro atoms. The van der Waals surface area contributed by atoms with Crippen LogP contribution in [0.15, 0.2) is 101 Å². The number of non-ortho nitro benzene ring substituents is 1. The molecular formula is C36H39N3O6. The van der Waals surface area contributed by atoms with Gasteiger partial charge in [-0.25, -0.2) is 4.79 Å². The van der Waals surface area contributed by atoms with Gasteiger partial charge >= 0.3 is 11.9 Å². The van der Waals surface area contributed by atoms with Gasteiger partial charge < -0.3 is 14.4 Å². The Hall–Kier alpha value is -4.63. The molecule has 0 N–H and O–H groups in total. The maximum absolute atomic E-state index is 13.6. The van der Waals surface area contributed by atoms with Crippen molar-refractivity contribution in [2.24, 2.45) is 10.9 Å². The Labute approximate surface area is 263 Å². The number of hydrogen-bond donors (Lipinski definition) is 0. The van der Waals surface area contributed by atoms with Crippen LogP contribution in [0.25, 0.3) is 0 Å². The summed E-state index contributed by atoms with van der Waals surface area (Å²) in [6.45, 7) is 6.21. The molecule has 0 aromatic heterocycles. The SMILES string of the molecule is COC(=O)C1C(C)=NC(C)=C(C(=O)OCCCN2CCC(c3ccccc3)(c3ccccc3)CC2)[C@@H]1c1cccc([N+](=O)[O-])c1. The summed E-state index contributed by atoms with van der Waals surface area (Å²) in [7, 11) is 1.27. The van der Waals surface area contributed by atoms with Gasteiger partial charge in [0, 0.05) is 41.4 Å². The Morgan fingerprint density at radius 3 is 2.16 bits per heavy atom. The van der Waals surface area contributed by atoms with E-state index in [2.05, 4.69) is 70.6 Å². The number of aliphatic imine (C=N–C) groups is 1. The highest BCUT2D eigenvalue weighted by atomic mass is 16.6. The molecule has 2 aliphatic heterocycles. The molecule has 0 amide bonds. The Morgan fingerprint density at radius 1 is 0.956 bits per heavy atom. The van der Waals surface area contributed by atoms with Crippen molar-refractivity contribution in [1.82, 2.24) is 4.90 Å². The first-order valence-electron chi connectivity index (χ1n) is 15.3. The van der Waals surface area contributed by atoms with Gasteiger partial charge in [-0.05, 0) is 62.9 Å². The summed E-state index contributed by atoms with van der Waals surface area (Å²) in [5.74, 6) is -2.89. The molecule has 9 nitrogen and oxygen atoms in total. The molecule has 1 saturated heterocycles. The first kappa shape index (κ1) is 31.8. The van der Waals surface area contributed by atoms with Crippen LogP contribution in [0.1, 0.15) is 55.7 Å². The number of methoxy groups -OCH3 is 1. The predicted octanol–water partition coefficient (Wildman–Crippen LogP) is 6.23. The largest absolute Gasteiger partial charge is 0.468 e. The van der Waals surface area contributed by atoms with Crippen LogP contribution in [-0.2, 0) is 24.5 Å². The zero-order valence-electron chi connectivity index (χ0n) is 26.0. The molecule has 2 aliphatic rings. The molecule has 2 atom stereocenters. The highest BCUT2D eigenvalue weighted by Gasteiger charge is 2.43. The van der Waals surface area contributed by atoms with Crippen LogP contribution in [-0.4, -0.2) is 60.8 Å². The number of nitrogens with zero attached hydrogens (tertiary/aromatic N) is 3. The number of esters is 2. The summed E-state index contributed by atoms with van der Waals surface area (Å²) < 4.78 is 10.8. The van der Waals surface area contributed by atoms with E-state index in [0.717, 1.165) is 32.5 Å². The lowest BCUT2D eigenvalue weighted by molar-refractivity contribution is -0.384.